The Bertz CT molecular complexity index is 255. The van der Waals surface area contributed by atoms with E-state index < -0.39 is 0 Å². The van der Waals surface area contributed by atoms with Gasteiger partial charge in [0.25, 0.3) is 0 Å². The quantitative estimate of drug-likeness (QED) is 0.670. The van der Waals surface area contributed by atoms with Gasteiger partial charge in [-0.2, -0.15) is 0 Å². The van der Waals surface area contributed by atoms with E-state index in [1.807, 2.05) is 28.7 Å². The van der Waals surface area contributed by atoms with Crippen LogP contribution >= 0.6 is 22.6 Å². The second-order valence-electron chi connectivity index (χ2n) is 1.88. The number of halogens is 2. The first-order valence-corrected chi connectivity index (χ1v) is 3.89. The van der Waals surface area contributed by atoms with Gasteiger partial charge in [0.2, 0.25) is 0 Å². The molecular weight excluding hydrogens is 242 g/mol. The Morgan fingerprint density at radius 1 is 1.50 bits per heavy atom. The highest BCUT2D eigenvalue weighted by Crippen LogP contribution is 2.12. The van der Waals surface area contributed by atoms with Crippen LogP contribution in [-0.2, 0) is 0 Å². The molecule has 1 aromatic carbocycles. The van der Waals surface area contributed by atoms with Gasteiger partial charge in [-0.3, -0.25) is 0 Å². The Morgan fingerprint density at radius 3 is 2.70 bits per heavy atom. The zero-order chi connectivity index (χ0) is 7.56. The topological polar surface area (TPSA) is 0 Å². The molecule has 0 unspecified atom stereocenters. The summed E-state index contributed by atoms with van der Waals surface area (Å²) in [5.41, 5.74) is 0.818. The van der Waals surface area contributed by atoms with Crippen molar-refractivity contribution in [3.8, 4) is 0 Å². The molecule has 0 spiro atoms. The van der Waals surface area contributed by atoms with Gasteiger partial charge in [-0.05, 0) is 40.3 Å². The van der Waals surface area contributed by atoms with Crippen molar-refractivity contribution in [2.45, 2.75) is 0 Å². The van der Waals surface area contributed by atoms with Crippen LogP contribution < -0.4 is 0 Å². The van der Waals surface area contributed by atoms with E-state index in [1.165, 1.54) is 6.07 Å². The normalized spacial score (nSPS) is 9.40. The Kier molecular flexibility index (Phi) is 2.43. The molecule has 0 bridgehead atoms. The summed E-state index contributed by atoms with van der Waals surface area (Å²) in [6, 6.07) is 5.03. The molecule has 0 heterocycles. The molecule has 0 amide bonds. The minimum atomic E-state index is -0.182. The number of benzene rings is 1. The molecule has 0 aliphatic carbocycles. The van der Waals surface area contributed by atoms with E-state index in [2.05, 4.69) is 6.58 Å². The van der Waals surface area contributed by atoms with Gasteiger partial charge in [0.1, 0.15) is 5.82 Å². The molecular formula is C8H6FI. The maximum Gasteiger partial charge on any atom is 0.137 e. The van der Waals surface area contributed by atoms with Crippen molar-refractivity contribution in [1.82, 2.24) is 0 Å². The lowest BCUT2D eigenvalue weighted by molar-refractivity contribution is 0.620. The third kappa shape index (κ3) is 1.56. The van der Waals surface area contributed by atoms with Crippen LogP contribution in [0.4, 0.5) is 4.39 Å². The lowest BCUT2D eigenvalue weighted by atomic mass is 10.2. The predicted octanol–water partition coefficient (Wildman–Crippen LogP) is 3.07. The SMILES string of the molecule is C=Cc1ccc(I)c(F)c1. The van der Waals surface area contributed by atoms with Crippen molar-refractivity contribution in [3.05, 3.63) is 39.7 Å². The monoisotopic (exact) mass is 248 g/mol. The maximum atomic E-state index is 12.7. The van der Waals surface area contributed by atoms with E-state index in [0.717, 1.165) is 5.56 Å². The Balaban J connectivity index is 3.16. The third-order valence-electron chi connectivity index (χ3n) is 1.18. The van der Waals surface area contributed by atoms with Crippen molar-refractivity contribution >= 4 is 28.7 Å². The second kappa shape index (κ2) is 3.14. The van der Waals surface area contributed by atoms with Crippen molar-refractivity contribution in [3.63, 3.8) is 0 Å². The number of rotatable bonds is 1. The standard InChI is InChI=1S/C8H6FI/c1-2-6-3-4-8(10)7(9)5-6/h2-5H,1H2. The van der Waals surface area contributed by atoms with E-state index in [4.69, 9.17) is 0 Å². The van der Waals surface area contributed by atoms with E-state index in [1.54, 1.807) is 12.1 Å². The fourth-order valence-electron chi connectivity index (χ4n) is 0.639. The minimum absolute atomic E-state index is 0.182. The lowest BCUT2D eigenvalue weighted by Gasteiger charge is -1.94. The number of hydrogen-bond acceptors (Lipinski definition) is 0. The molecule has 0 fully saturated rings. The van der Waals surface area contributed by atoms with Gasteiger partial charge in [-0.15, -0.1) is 0 Å². The summed E-state index contributed by atoms with van der Waals surface area (Å²) in [5.74, 6) is -0.182. The molecule has 0 aliphatic heterocycles. The molecule has 0 saturated heterocycles. The van der Waals surface area contributed by atoms with Crippen LogP contribution in [0.1, 0.15) is 5.56 Å². The zero-order valence-corrected chi connectivity index (χ0v) is 7.43. The first kappa shape index (κ1) is 7.72. The molecule has 0 aliphatic rings. The van der Waals surface area contributed by atoms with Crippen molar-refractivity contribution in [1.29, 1.82) is 0 Å². The van der Waals surface area contributed by atoms with Crippen LogP contribution in [-0.4, -0.2) is 0 Å². The Morgan fingerprint density at radius 2 is 2.20 bits per heavy atom. The summed E-state index contributed by atoms with van der Waals surface area (Å²) in [4.78, 5) is 0. The van der Waals surface area contributed by atoms with Gasteiger partial charge in [-0.1, -0.05) is 18.7 Å². The summed E-state index contributed by atoms with van der Waals surface area (Å²) in [6.07, 6.45) is 1.62. The van der Waals surface area contributed by atoms with Crippen molar-refractivity contribution < 1.29 is 4.39 Å². The molecule has 0 atom stereocenters. The number of hydrogen-bond donors (Lipinski definition) is 0. The van der Waals surface area contributed by atoms with E-state index in [9.17, 15) is 4.39 Å². The third-order valence-corrected chi connectivity index (χ3v) is 2.05. The Hall–Kier alpha value is -0.380. The van der Waals surface area contributed by atoms with Gasteiger partial charge in [0, 0.05) is 3.57 Å². The molecule has 0 N–H and O–H groups in total. The highest BCUT2D eigenvalue weighted by Gasteiger charge is 1.96. The molecule has 0 nitrogen and oxygen atoms in total. The van der Waals surface area contributed by atoms with E-state index >= 15 is 0 Å². The zero-order valence-electron chi connectivity index (χ0n) is 5.27. The molecule has 0 radical (unpaired) electrons. The van der Waals surface area contributed by atoms with Crippen molar-refractivity contribution in [2.24, 2.45) is 0 Å². The fourth-order valence-corrected chi connectivity index (χ4v) is 0.975. The summed E-state index contributed by atoms with van der Waals surface area (Å²) in [7, 11) is 0. The highest BCUT2D eigenvalue weighted by atomic mass is 127. The first-order chi connectivity index (χ1) is 4.74. The van der Waals surface area contributed by atoms with Gasteiger partial charge in [0.05, 0.1) is 0 Å². The van der Waals surface area contributed by atoms with Crippen LogP contribution in [0.3, 0.4) is 0 Å². The molecule has 1 rings (SSSR count). The average Bonchev–Trinajstić information content (AvgIpc) is 1.95. The van der Waals surface area contributed by atoms with Crippen LogP contribution in [0.25, 0.3) is 6.08 Å². The maximum absolute atomic E-state index is 12.7. The highest BCUT2D eigenvalue weighted by molar-refractivity contribution is 14.1. The molecule has 0 saturated carbocycles. The van der Waals surface area contributed by atoms with Crippen molar-refractivity contribution in [2.75, 3.05) is 0 Å². The fraction of sp³-hybridized carbons (Fsp3) is 0. The molecule has 1 aromatic rings. The summed E-state index contributed by atoms with van der Waals surface area (Å²) >= 11 is 1.95. The lowest BCUT2D eigenvalue weighted by Crippen LogP contribution is -1.81. The summed E-state index contributed by atoms with van der Waals surface area (Å²) < 4.78 is 13.4. The van der Waals surface area contributed by atoms with Gasteiger partial charge >= 0.3 is 0 Å². The molecule has 10 heavy (non-hydrogen) atoms. The average molecular weight is 248 g/mol. The van der Waals surface area contributed by atoms with Gasteiger partial charge < -0.3 is 0 Å². The van der Waals surface area contributed by atoms with Crippen LogP contribution in [0.5, 0.6) is 0 Å². The van der Waals surface area contributed by atoms with Crippen LogP contribution in [0.2, 0.25) is 0 Å². The van der Waals surface area contributed by atoms with Crippen LogP contribution in [0.15, 0.2) is 24.8 Å². The largest absolute Gasteiger partial charge is 0.206 e. The Labute approximate surface area is 72.9 Å². The first-order valence-electron chi connectivity index (χ1n) is 2.81. The van der Waals surface area contributed by atoms with Gasteiger partial charge in [0.15, 0.2) is 0 Å². The van der Waals surface area contributed by atoms with E-state index in [-0.39, 0.29) is 5.82 Å². The smallest absolute Gasteiger partial charge is 0.137 e. The molecule has 52 valence electrons. The van der Waals surface area contributed by atoms with E-state index in [0.29, 0.717) is 3.57 Å². The van der Waals surface area contributed by atoms with Crippen LogP contribution in [0, 0.1) is 9.39 Å². The van der Waals surface area contributed by atoms with Gasteiger partial charge in [-0.25, -0.2) is 4.39 Å². The predicted molar refractivity (Wildman–Crippen MR) is 49.2 cm³/mol. The molecule has 2 heteroatoms. The summed E-state index contributed by atoms with van der Waals surface area (Å²) in [5, 5.41) is 0. The summed E-state index contributed by atoms with van der Waals surface area (Å²) in [6.45, 7) is 3.53. The second-order valence-corrected chi connectivity index (χ2v) is 3.04. The molecule has 0 aromatic heterocycles. The minimum Gasteiger partial charge on any atom is -0.206 e.